The predicted octanol–water partition coefficient (Wildman–Crippen LogP) is 5.07. The Kier molecular flexibility index (Phi) is 6.50. The molecule has 37 heavy (non-hydrogen) atoms. The molecule has 0 spiro atoms. The molecule has 2 bridgehead atoms. The molecule has 3 aliphatic carbocycles. The second kappa shape index (κ2) is 8.94. The van der Waals surface area contributed by atoms with Crippen molar-refractivity contribution in [3.8, 4) is 0 Å². The normalized spacial score (nSPS) is 48.0. The summed E-state index contributed by atoms with van der Waals surface area (Å²) in [7, 11) is 0. The first-order chi connectivity index (χ1) is 17.2. The van der Waals surface area contributed by atoms with Crippen LogP contribution in [-0.2, 0) is 33.3 Å². The van der Waals surface area contributed by atoms with Crippen molar-refractivity contribution in [3.05, 3.63) is 0 Å². The number of fused-ring (bicyclic) bond motifs is 8. The van der Waals surface area contributed by atoms with Gasteiger partial charge in [0.1, 0.15) is 6.10 Å². The van der Waals surface area contributed by atoms with E-state index in [0.717, 1.165) is 19.3 Å². The Labute approximate surface area is 220 Å². The molecule has 5 aliphatic rings. The Morgan fingerprint density at radius 1 is 0.892 bits per heavy atom. The first kappa shape index (κ1) is 26.9. The summed E-state index contributed by atoms with van der Waals surface area (Å²) in [4.78, 5) is 36.4. The van der Waals surface area contributed by atoms with Gasteiger partial charge in [0.15, 0.2) is 11.9 Å². The van der Waals surface area contributed by atoms with Crippen LogP contribution in [0.5, 0.6) is 0 Å². The summed E-state index contributed by atoms with van der Waals surface area (Å²) >= 11 is 0. The zero-order valence-electron chi connectivity index (χ0n) is 23.2. The third kappa shape index (κ3) is 4.12. The molecule has 0 aromatic heterocycles. The second-order valence-electron chi connectivity index (χ2n) is 13.8. The van der Waals surface area contributed by atoms with Crippen LogP contribution in [0.2, 0.25) is 0 Å². The van der Waals surface area contributed by atoms with E-state index in [1.165, 1.54) is 39.5 Å². The molecule has 5 fully saturated rings. The summed E-state index contributed by atoms with van der Waals surface area (Å²) in [6, 6.07) is 0. The minimum Gasteiger partial charge on any atom is -0.481 e. The molecule has 8 heteroatoms. The summed E-state index contributed by atoms with van der Waals surface area (Å²) in [5.41, 5.74) is -1.03. The van der Waals surface area contributed by atoms with E-state index in [4.69, 9.17) is 18.9 Å². The van der Waals surface area contributed by atoms with Gasteiger partial charge in [-0.25, -0.2) is 0 Å². The lowest BCUT2D eigenvalue weighted by Gasteiger charge is -2.67. The van der Waals surface area contributed by atoms with Crippen LogP contribution < -0.4 is 0 Å². The second-order valence-corrected chi connectivity index (χ2v) is 13.8. The standard InChI is InChI=1S/C29H44O8/c1-16(30)34-22-14-19-18(24-36-25(35-17(2)31)29(22,37-24)15-23(32)33)8-9-21-27(19,5)13-10-20-26(3,4)11-7-12-28(20,21)6/h18-22,24-25H,7-15H2,1-6H3,(H,32,33)/t18-,19+,20?,21-,22+,24+,25-,27-,28-,29+/m0/s1. The average molecular weight is 521 g/mol. The van der Waals surface area contributed by atoms with Crippen LogP contribution in [0, 0.1) is 39.9 Å². The van der Waals surface area contributed by atoms with Crippen molar-refractivity contribution in [2.45, 2.75) is 124 Å². The van der Waals surface area contributed by atoms with Gasteiger partial charge in [-0.15, -0.1) is 0 Å². The van der Waals surface area contributed by atoms with E-state index in [-0.39, 0.29) is 22.7 Å². The monoisotopic (exact) mass is 520 g/mol. The van der Waals surface area contributed by atoms with E-state index in [2.05, 4.69) is 27.7 Å². The molecule has 3 saturated carbocycles. The molecule has 8 nitrogen and oxygen atoms in total. The molecule has 1 unspecified atom stereocenters. The van der Waals surface area contributed by atoms with E-state index < -0.39 is 48.6 Å². The van der Waals surface area contributed by atoms with Crippen molar-refractivity contribution >= 4 is 17.9 Å². The number of carboxylic acids is 1. The van der Waals surface area contributed by atoms with Crippen molar-refractivity contribution in [2.75, 3.05) is 0 Å². The summed E-state index contributed by atoms with van der Waals surface area (Å²) in [6.45, 7) is 12.4. The lowest BCUT2D eigenvalue weighted by Crippen LogP contribution is -2.61. The highest BCUT2D eigenvalue weighted by Crippen LogP contribution is 2.71. The number of carbonyl (C=O) groups is 3. The molecular formula is C29H44O8. The van der Waals surface area contributed by atoms with E-state index in [9.17, 15) is 19.5 Å². The molecule has 0 amide bonds. The van der Waals surface area contributed by atoms with Crippen molar-refractivity contribution in [2.24, 2.45) is 39.9 Å². The Bertz CT molecular complexity index is 962. The lowest BCUT2D eigenvalue weighted by atomic mass is 9.38. The van der Waals surface area contributed by atoms with Gasteiger partial charge in [0, 0.05) is 19.8 Å². The number of carbonyl (C=O) groups excluding carboxylic acids is 2. The van der Waals surface area contributed by atoms with Gasteiger partial charge in [-0.05, 0) is 78.9 Å². The van der Waals surface area contributed by atoms with Crippen molar-refractivity contribution in [1.82, 2.24) is 0 Å². The Balaban J connectivity index is 1.55. The molecule has 208 valence electrons. The molecule has 10 atom stereocenters. The fraction of sp³-hybridized carbons (Fsp3) is 0.897. The molecule has 1 N–H and O–H groups in total. The number of hydrogen-bond donors (Lipinski definition) is 1. The number of aliphatic carboxylic acids is 1. The smallest absolute Gasteiger partial charge is 0.306 e. The largest absolute Gasteiger partial charge is 0.481 e. The molecule has 0 radical (unpaired) electrons. The van der Waals surface area contributed by atoms with Crippen molar-refractivity contribution < 1.29 is 38.4 Å². The Morgan fingerprint density at radius 2 is 1.59 bits per heavy atom. The van der Waals surface area contributed by atoms with Crippen molar-refractivity contribution in [3.63, 3.8) is 0 Å². The van der Waals surface area contributed by atoms with Gasteiger partial charge in [-0.1, -0.05) is 34.1 Å². The number of esters is 2. The van der Waals surface area contributed by atoms with E-state index in [0.29, 0.717) is 23.7 Å². The number of hydrogen-bond acceptors (Lipinski definition) is 7. The SMILES string of the molecule is CC(=O)O[C@H]1O[C@@H]2O[C@]1(CC(=O)O)[C@H](OC(C)=O)C[C@@H]1[C@@H]2CC[C@H]2[C@@]1(C)CCC1C(C)(C)CCC[C@@]12C. The predicted molar refractivity (Wildman–Crippen MR) is 133 cm³/mol. The number of ether oxygens (including phenoxy) is 4. The topological polar surface area (TPSA) is 108 Å². The minimum atomic E-state index is -1.58. The number of carboxylic acid groups (broad SMARTS) is 1. The Morgan fingerprint density at radius 3 is 2.24 bits per heavy atom. The third-order valence-corrected chi connectivity index (χ3v) is 11.4. The van der Waals surface area contributed by atoms with Gasteiger partial charge >= 0.3 is 17.9 Å². The maximum absolute atomic E-state index is 12.3. The average Bonchev–Trinajstić information content (AvgIpc) is 3.03. The summed E-state index contributed by atoms with van der Waals surface area (Å²) in [5, 5.41) is 9.87. The van der Waals surface area contributed by atoms with Crippen LogP contribution in [0.3, 0.4) is 0 Å². The summed E-state index contributed by atoms with van der Waals surface area (Å²) in [5.74, 6) is -0.883. The number of rotatable bonds is 4. The zero-order valence-corrected chi connectivity index (χ0v) is 23.2. The molecule has 2 heterocycles. The van der Waals surface area contributed by atoms with Gasteiger partial charge in [-0.3, -0.25) is 14.4 Å². The van der Waals surface area contributed by atoms with E-state index >= 15 is 0 Å². The summed E-state index contributed by atoms with van der Waals surface area (Å²) < 4.78 is 24.0. The van der Waals surface area contributed by atoms with Gasteiger partial charge in [0.25, 0.3) is 0 Å². The van der Waals surface area contributed by atoms with Crippen LogP contribution in [0.25, 0.3) is 0 Å². The van der Waals surface area contributed by atoms with Crippen LogP contribution >= 0.6 is 0 Å². The highest BCUT2D eigenvalue weighted by Gasteiger charge is 2.69. The maximum atomic E-state index is 12.3. The van der Waals surface area contributed by atoms with Gasteiger partial charge in [-0.2, -0.15) is 0 Å². The quantitative estimate of drug-likeness (QED) is 0.512. The molecule has 2 aliphatic heterocycles. The van der Waals surface area contributed by atoms with Crippen LogP contribution in [0.4, 0.5) is 0 Å². The first-order valence-electron chi connectivity index (χ1n) is 14.1. The highest BCUT2D eigenvalue weighted by molar-refractivity contribution is 5.70. The zero-order chi connectivity index (χ0) is 27.0. The highest BCUT2D eigenvalue weighted by atomic mass is 16.8. The van der Waals surface area contributed by atoms with Crippen LogP contribution in [0.1, 0.15) is 99.3 Å². The van der Waals surface area contributed by atoms with Gasteiger partial charge in [0.2, 0.25) is 6.29 Å². The van der Waals surface area contributed by atoms with Crippen molar-refractivity contribution in [1.29, 1.82) is 0 Å². The third-order valence-electron chi connectivity index (χ3n) is 11.4. The fourth-order valence-electron chi connectivity index (χ4n) is 10.1. The molecule has 0 aromatic carbocycles. The fourth-order valence-corrected chi connectivity index (χ4v) is 10.1. The Hall–Kier alpha value is -1.67. The lowest BCUT2D eigenvalue weighted by molar-refractivity contribution is -0.228. The maximum Gasteiger partial charge on any atom is 0.306 e. The van der Waals surface area contributed by atoms with E-state index in [1.807, 2.05) is 0 Å². The molecule has 0 aromatic rings. The van der Waals surface area contributed by atoms with Crippen LogP contribution in [-0.4, -0.2) is 47.3 Å². The summed E-state index contributed by atoms with van der Waals surface area (Å²) in [6.07, 6.45) is 5.12. The minimum absolute atomic E-state index is 0.00675. The molecule has 5 rings (SSSR count). The molecular weight excluding hydrogens is 476 g/mol. The molecule has 2 saturated heterocycles. The first-order valence-corrected chi connectivity index (χ1v) is 14.1. The van der Waals surface area contributed by atoms with E-state index in [1.54, 1.807) is 0 Å². The van der Waals surface area contributed by atoms with Gasteiger partial charge in [0.05, 0.1) is 6.42 Å². The van der Waals surface area contributed by atoms with Gasteiger partial charge < -0.3 is 24.1 Å². The van der Waals surface area contributed by atoms with Crippen LogP contribution in [0.15, 0.2) is 0 Å².